The van der Waals surface area contributed by atoms with Gasteiger partial charge in [0.05, 0.1) is 44.8 Å². The van der Waals surface area contributed by atoms with Gasteiger partial charge in [-0.15, -0.1) is 0 Å². The Morgan fingerprint density at radius 2 is 2.05 bits per heavy atom. The van der Waals surface area contributed by atoms with Gasteiger partial charge < -0.3 is 29.6 Å². The zero-order valence-corrected chi connectivity index (χ0v) is 12.9. The minimum atomic E-state index is -0.299. The summed E-state index contributed by atoms with van der Waals surface area (Å²) in [7, 11) is 1.61. The van der Waals surface area contributed by atoms with Crippen LogP contribution in [0.25, 0.3) is 0 Å². The first-order valence-electron chi connectivity index (χ1n) is 7.27. The average Bonchev–Trinajstić information content (AvgIpc) is 3.05. The second-order valence-electron chi connectivity index (χ2n) is 4.62. The molecule has 0 aliphatic carbocycles. The Kier molecular flexibility index (Phi) is 6.29. The number of benzene rings is 1. The molecular formula is C15H22N2O5. The predicted molar refractivity (Wildman–Crippen MR) is 82.3 cm³/mol. The molecule has 1 fully saturated rings. The summed E-state index contributed by atoms with van der Waals surface area (Å²) in [5, 5.41) is 6.29. The maximum absolute atomic E-state index is 11.4. The van der Waals surface area contributed by atoms with Gasteiger partial charge in [0, 0.05) is 6.07 Å². The van der Waals surface area contributed by atoms with Gasteiger partial charge in [0.2, 0.25) is 0 Å². The second kappa shape index (κ2) is 8.45. The van der Waals surface area contributed by atoms with E-state index in [0.717, 1.165) is 17.1 Å². The topological polar surface area (TPSA) is 78.1 Å². The number of hydrogen-bond donors (Lipinski definition) is 2. The number of nitrogens with one attached hydrogen (secondary N) is 2. The van der Waals surface area contributed by atoms with Crippen LogP contribution in [0.3, 0.4) is 0 Å². The maximum atomic E-state index is 11.4. The molecular weight excluding hydrogens is 288 g/mol. The molecule has 2 N–H and O–H groups in total. The standard InChI is InChI=1S/C15H22N2O5/c1-3-20-14(18)9-16-12-5-4-11(19-2)8-13(12)17-10-15-21-6-7-22-15/h4-5,8,15-17H,3,6-7,9-10H2,1-2H3. The Morgan fingerprint density at radius 1 is 1.27 bits per heavy atom. The molecule has 22 heavy (non-hydrogen) atoms. The summed E-state index contributed by atoms with van der Waals surface area (Å²) in [6, 6.07) is 5.51. The highest BCUT2D eigenvalue weighted by Crippen LogP contribution is 2.27. The molecule has 0 aromatic heterocycles. The van der Waals surface area contributed by atoms with Crippen LogP contribution in [0.2, 0.25) is 0 Å². The molecule has 1 aromatic carbocycles. The van der Waals surface area contributed by atoms with Crippen LogP contribution in [0.15, 0.2) is 18.2 Å². The minimum absolute atomic E-state index is 0.102. The zero-order valence-electron chi connectivity index (χ0n) is 12.9. The van der Waals surface area contributed by atoms with E-state index < -0.39 is 0 Å². The van der Waals surface area contributed by atoms with Gasteiger partial charge in [-0.2, -0.15) is 0 Å². The van der Waals surface area contributed by atoms with Gasteiger partial charge in [-0.1, -0.05) is 0 Å². The van der Waals surface area contributed by atoms with Crippen molar-refractivity contribution >= 4 is 17.3 Å². The summed E-state index contributed by atoms with van der Waals surface area (Å²) in [5.74, 6) is 0.421. The summed E-state index contributed by atoms with van der Waals surface area (Å²) in [5.41, 5.74) is 1.59. The highest BCUT2D eigenvalue weighted by atomic mass is 16.7. The molecule has 1 aliphatic rings. The van der Waals surface area contributed by atoms with Crippen LogP contribution in [-0.2, 0) is 19.0 Å². The molecule has 7 heteroatoms. The number of methoxy groups -OCH3 is 1. The van der Waals surface area contributed by atoms with E-state index in [1.165, 1.54) is 0 Å². The Labute approximate surface area is 129 Å². The van der Waals surface area contributed by atoms with Crippen molar-refractivity contribution < 1.29 is 23.7 Å². The van der Waals surface area contributed by atoms with Crippen molar-refractivity contribution in [1.29, 1.82) is 0 Å². The number of esters is 1. The smallest absolute Gasteiger partial charge is 0.325 e. The molecule has 1 aliphatic heterocycles. The lowest BCUT2D eigenvalue weighted by Crippen LogP contribution is -2.22. The molecule has 0 unspecified atom stereocenters. The number of anilines is 2. The van der Waals surface area contributed by atoms with Crippen LogP contribution in [0.1, 0.15) is 6.92 Å². The fourth-order valence-corrected chi connectivity index (χ4v) is 2.05. The largest absolute Gasteiger partial charge is 0.497 e. The highest BCUT2D eigenvalue weighted by Gasteiger charge is 2.16. The van der Waals surface area contributed by atoms with Gasteiger partial charge in [0.25, 0.3) is 0 Å². The average molecular weight is 310 g/mol. The lowest BCUT2D eigenvalue weighted by molar-refractivity contribution is -0.140. The van der Waals surface area contributed by atoms with E-state index in [0.29, 0.717) is 26.4 Å². The number of ether oxygens (including phenoxy) is 4. The van der Waals surface area contributed by atoms with Gasteiger partial charge in [-0.25, -0.2) is 0 Å². The van der Waals surface area contributed by atoms with E-state index in [2.05, 4.69) is 10.6 Å². The summed E-state index contributed by atoms with van der Waals surface area (Å²) in [6.07, 6.45) is -0.260. The van der Waals surface area contributed by atoms with Crippen LogP contribution in [0, 0.1) is 0 Å². The number of carbonyl (C=O) groups excluding carboxylic acids is 1. The Morgan fingerprint density at radius 3 is 2.73 bits per heavy atom. The molecule has 0 saturated carbocycles. The Bertz CT molecular complexity index is 489. The van der Waals surface area contributed by atoms with E-state index >= 15 is 0 Å². The van der Waals surface area contributed by atoms with Crippen LogP contribution >= 0.6 is 0 Å². The molecule has 2 rings (SSSR count). The molecule has 1 heterocycles. The minimum Gasteiger partial charge on any atom is -0.497 e. The summed E-state index contributed by atoms with van der Waals surface area (Å²) < 4.78 is 20.9. The van der Waals surface area contributed by atoms with Gasteiger partial charge in [0.1, 0.15) is 12.3 Å². The fourth-order valence-electron chi connectivity index (χ4n) is 2.05. The highest BCUT2D eigenvalue weighted by molar-refractivity contribution is 5.78. The third kappa shape index (κ3) is 4.78. The van der Waals surface area contributed by atoms with Crippen LogP contribution in [0.4, 0.5) is 11.4 Å². The number of carbonyl (C=O) groups is 1. The van der Waals surface area contributed by atoms with Crippen molar-refractivity contribution in [3.8, 4) is 5.75 Å². The monoisotopic (exact) mass is 310 g/mol. The quantitative estimate of drug-likeness (QED) is 0.704. The predicted octanol–water partition coefficient (Wildman–Crippen LogP) is 1.45. The number of rotatable bonds is 8. The van der Waals surface area contributed by atoms with Crippen LogP contribution in [-0.4, -0.2) is 52.3 Å². The number of hydrogen-bond acceptors (Lipinski definition) is 7. The van der Waals surface area contributed by atoms with Crippen molar-refractivity contribution in [1.82, 2.24) is 0 Å². The van der Waals surface area contributed by atoms with Crippen LogP contribution < -0.4 is 15.4 Å². The third-order valence-electron chi connectivity index (χ3n) is 3.11. The van der Waals surface area contributed by atoms with Crippen molar-refractivity contribution in [2.24, 2.45) is 0 Å². The fraction of sp³-hybridized carbons (Fsp3) is 0.533. The first-order valence-corrected chi connectivity index (χ1v) is 7.27. The SMILES string of the molecule is CCOC(=O)CNc1ccc(OC)cc1NCC1OCCO1. The van der Waals surface area contributed by atoms with Crippen molar-refractivity contribution in [3.05, 3.63) is 18.2 Å². The van der Waals surface area contributed by atoms with E-state index in [9.17, 15) is 4.79 Å². The summed E-state index contributed by atoms with van der Waals surface area (Å²) in [6.45, 7) is 3.98. The van der Waals surface area contributed by atoms with E-state index in [4.69, 9.17) is 18.9 Å². The normalized spacial score (nSPS) is 14.6. The van der Waals surface area contributed by atoms with Crippen molar-refractivity contribution in [2.45, 2.75) is 13.2 Å². The van der Waals surface area contributed by atoms with Gasteiger partial charge in [0.15, 0.2) is 6.29 Å². The van der Waals surface area contributed by atoms with Crippen molar-refractivity contribution in [2.75, 3.05) is 50.7 Å². The van der Waals surface area contributed by atoms with Crippen molar-refractivity contribution in [3.63, 3.8) is 0 Å². The molecule has 0 radical (unpaired) electrons. The lowest BCUT2D eigenvalue weighted by Gasteiger charge is -2.16. The first kappa shape index (κ1) is 16.4. The Hall–Kier alpha value is -1.99. The van der Waals surface area contributed by atoms with E-state index in [1.54, 1.807) is 14.0 Å². The molecule has 0 bridgehead atoms. The second-order valence-corrected chi connectivity index (χ2v) is 4.62. The summed E-state index contributed by atoms with van der Waals surface area (Å²) >= 11 is 0. The zero-order chi connectivity index (χ0) is 15.8. The molecule has 122 valence electrons. The van der Waals surface area contributed by atoms with E-state index in [-0.39, 0.29) is 18.8 Å². The first-order chi connectivity index (χ1) is 10.7. The van der Waals surface area contributed by atoms with Crippen LogP contribution in [0.5, 0.6) is 5.75 Å². The molecule has 1 aromatic rings. The molecule has 7 nitrogen and oxygen atoms in total. The molecule has 0 atom stereocenters. The van der Waals surface area contributed by atoms with Gasteiger partial charge in [-0.05, 0) is 19.1 Å². The molecule has 1 saturated heterocycles. The van der Waals surface area contributed by atoms with Gasteiger partial charge in [-0.3, -0.25) is 4.79 Å². The molecule has 0 amide bonds. The molecule has 0 spiro atoms. The maximum Gasteiger partial charge on any atom is 0.325 e. The van der Waals surface area contributed by atoms with E-state index in [1.807, 2.05) is 18.2 Å². The summed E-state index contributed by atoms with van der Waals surface area (Å²) in [4.78, 5) is 11.4. The Balaban J connectivity index is 1.98. The third-order valence-corrected chi connectivity index (χ3v) is 3.11. The lowest BCUT2D eigenvalue weighted by atomic mass is 10.2. The van der Waals surface area contributed by atoms with Gasteiger partial charge >= 0.3 is 5.97 Å².